The molecule has 0 saturated heterocycles. The highest BCUT2D eigenvalue weighted by Crippen LogP contribution is 2.13. The van der Waals surface area contributed by atoms with E-state index in [1.165, 1.54) is 0 Å². The van der Waals surface area contributed by atoms with Gasteiger partial charge in [0.1, 0.15) is 11.6 Å². The predicted octanol–water partition coefficient (Wildman–Crippen LogP) is 3.27. The first kappa shape index (κ1) is 15.3. The number of benzene rings is 1. The molecule has 0 aliphatic carbocycles. The van der Waals surface area contributed by atoms with Gasteiger partial charge >= 0.3 is 5.97 Å². The summed E-state index contributed by atoms with van der Waals surface area (Å²) in [5, 5.41) is 0. The SMILES string of the molecule is CCCCOC(=O)CCC(=O)c1cc(F)ccc1F. The lowest BCUT2D eigenvalue weighted by Crippen LogP contribution is -2.10. The van der Waals surface area contributed by atoms with E-state index in [4.69, 9.17) is 4.74 Å². The van der Waals surface area contributed by atoms with E-state index in [2.05, 4.69) is 0 Å². The zero-order chi connectivity index (χ0) is 14.3. The quantitative estimate of drug-likeness (QED) is 0.434. The monoisotopic (exact) mass is 270 g/mol. The van der Waals surface area contributed by atoms with E-state index in [1.54, 1.807) is 0 Å². The van der Waals surface area contributed by atoms with Gasteiger partial charge in [0.15, 0.2) is 5.78 Å². The number of Topliss-reactive ketones (excluding diaryl/α,β-unsaturated/α-hetero) is 1. The van der Waals surface area contributed by atoms with Crippen LogP contribution in [0.4, 0.5) is 8.78 Å². The van der Waals surface area contributed by atoms with E-state index in [0.29, 0.717) is 6.61 Å². The Balaban J connectivity index is 2.47. The summed E-state index contributed by atoms with van der Waals surface area (Å²) in [5.74, 6) is -2.58. The summed E-state index contributed by atoms with van der Waals surface area (Å²) in [6.07, 6.45) is 1.35. The summed E-state index contributed by atoms with van der Waals surface area (Å²) in [6.45, 7) is 2.28. The van der Waals surface area contributed by atoms with E-state index in [1.807, 2.05) is 6.92 Å². The smallest absolute Gasteiger partial charge is 0.306 e. The highest BCUT2D eigenvalue weighted by Gasteiger charge is 2.14. The number of ketones is 1. The van der Waals surface area contributed by atoms with Crippen LogP contribution in [0.1, 0.15) is 43.0 Å². The van der Waals surface area contributed by atoms with Crippen LogP contribution in [0.5, 0.6) is 0 Å². The van der Waals surface area contributed by atoms with Gasteiger partial charge in [-0.3, -0.25) is 9.59 Å². The fourth-order valence-corrected chi connectivity index (χ4v) is 1.46. The summed E-state index contributed by atoms with van der Waals surface area (Å²) in [4.78, 5) is 22.9. The average molecular weight is 270 g/mol. The normalized spacial score (nSPS) is 10.3. The van der Waals surface area contributed by atoms with Crippen molar-refractivity contribution in [3.63, 3.8) is 0 Å². The number of esters is 1. The second-order valence-corrected chi connectivity index (χ2v) is 4.12. The largest absolute Gasteiger partial charge is 0.466 e. The molecule has 0 atom stereocenters. The first-order chi connectivity index (χ1) is 9.04. The molecule has 0 aromatic heterocycles. The fraction of sp³-hybridized carbons (Fsp3) is 0.429. The molecule has 0 heterocycles. The molecule has 1 rings (SSSR count). The third-order valence-corrected chi connectivity index (χ3v) is 2.55. The zero-order valence-corrected chi connectivity index (χ0v) is 10.7. The highest BCUT2D eigenvalue weighted by molar-refractivity contribution is 5.97. The standard InChI is InChI=1S/C14H16F2O3/c1-2-3-8-19-14(18)7-6-13(17)11-9-10(15)4-5-12(11)16/h4-5,9H,2-3,6-8H2,1H3. The maximum absolute atomic E-state index is 13.3. The van der Waals surface area contributed by atoms with Gasteiger partial charge in [-0.05, 0) is 24.6 Å². The van der Waals surface area contributed by atoms with E-state index in [9.17, 15) is 18.4 Å². The van der Waals surface area contributed by atoms with Crippen molar-refractivity contribution in [2.75, 3.05) is 6.61 Å². The Hall–Kier alpha value is -1.78. The third-order valence-electron chi connectivity index (χ3n) is 2.55. The van der Waals surface area contributed by atoms with Crippen LogP contribution in [0, 0.1) is 11.6 Å². The van der Waals surface area contributed by atoms with E-state index >= 15 is 0 Å². The van der Waals surface area contributed by atoms with Crippen molar-refractivity contribution in [3.8, 4) is 0 Å². The van der Waals surface area contributed by atoms with Gasteiger partial charge in [0.05, 0.1) is 18.6 Å². The van der Waals surface area contributed by atoms with Crippen LogP contribution >= 0.6 is 0 Å². The molecule has 0 spiro atoms. The molecule has 0 bridgehead atoms. The lowest BCUT2D eigenvalue weighted by molar-refractivity contribution is -0.143. The van der Waals surface area contributed by atoms with Crippen LogP contribution in [0.3, 0.4) is 0 Å². The molecular formula is C14H16F2O3. The molecule has 0 radical (unpaired) electrons. The molecule has 3 nitrogen and oxygen atoms in total. The number of rotatable bonds is 7. The molecule has 0 unspecified atom stereocenters. The van der Waals surface area contributed by atoms with Gasteiger partial charge in [-0.1, -0.05) is 13.3 Å². The molecule has 0 fully saturated rings. The number of hydrogen-bond donors (Lipinski definition) is 0. The lowest BCUT2D eigenvalue weighted by Gasteiger charge is -2.04. The van der Waals surface area contributed by atoms with Gasteiger partial charge in [0.25, 0.3) is 0 Å². The molecule has 0 amide bonds. The van der Waals surface area contributed by atoms with E-state index < -0.39 is 23.4 Å². The summed E-state index contributed by atoms with van der Waals surface area (Å²) in [7, 11) is 0. The van der Waals surface area contributed by atoms with Crippen LogP contribution in [0.25, 0.3) is 0 Å². The Morgan fingerprint density at radius 2 is 1.95 bits per heavy atom. The maximum Gasteiger partial charge on any atom is 0.306 e. The molecular weight excluding hydrogens is 254 g/mol. The van der Waals surface area contributed by atoms with Gasteiger partial charge in [0.2, 0.25) is 0 Å². The lowest BCUT2D eigenvalue weighted by atomic mass is 10.1. The van der Waals surface area contributed by atoms with Crippen molar-refractivity contribution >= 4 is 11.8 Å². The van der Waals surface area contributed by atoms with Gasteiger partial charge in [-0.2, -0.15) is 0 Å². The molecule has 104 valence electrons. The topological polar surface area (TPSA) is 43.4 Å². The number of unbranched alkanes of at least 4 members (excludes halogenated alkanes) is 1. The van der Waals surface area contributed by atoms with Gasteiger partial charge < -0.3 is 4.74 Å². The highest BCUT2D eigenvalue weighted by atomic mass is 19.1. The Morgan fingerprint density at radius 1 is 1.21 bits per heavy atom. The number of halogens is 2. The maximum atomic E-state index is 13.3. The summed E-state index contributed by atoms with van der Waals surface area (Å²) < 4.78 is 31.1. The van der Waals surface area contributed by atoms with Gasteiger partial charge in [0, 0.05) is 6.42 Å². The van der Waals surface area contributed by atoms with Crippen LogP contribution < -0.4 is 0 Å². The molecule has 0 aliphatic heterocycles. The van der Waals surface area contributed by atoms with Crippen LogP contribution in [0.2, 0.25) is 0 Å². The molecule has 0 saturated carbocycles. The molecule has 19 heavy (non-hydrogen) atoms. The molecule has 1 aromatic rings. The molecule has 5 heteroatoms. The Labute approximate surface area is 110 Å². The minimum atomic E-state index is -0.786. The first-order valence-electron chi connectivity index (χ1n) is 6.18. The van der Waals surface area contributed by atoms with Crippen molar-refractivity contribution in [2.45, 2.75) is 32.6 Å². The van der Waals surface area contributed by atoms with Crippen molar-refractivity contribution in [3.05, 3.63) is 35.4 Å². The third kappa shape index (κ3) is 5.16. The van der Waals surface area contributed by atoms with Crippen molar-refractivity contribution in [1.29, 1.82) is 0 Å². The number of ether oxygens (including phenoxy) is 1. The summed E-state index contributed by atoms with van der Waals surface area (Å²) >= 11 is 0. The molecule has 1 aromatic carbocycles. The van der Waals surface area contributed by atoms with Crippen LogP contribution in [-0.4, -0.2) is 18.4 Å². The molecule has 0 N–H and O–H groups in total. The number of hydrogen-bond acceptors (Lipinski definition) is 3. The van der Waals surface area contributed by atoms with Crippen LogP contribution in [0.15, 0.2) is 18.2 Å². The average Bonchev–Trinajstić information content (AvgIpc) is 2.39. The second kappa shape index (κ2) is 7.61. The minimum Gasteiger partial charge on any atom is -0.466 e. The fourth-order valence-electron chi connectivity index (χ4n) is 1.46. The van der Waals surface area contributed by atoms with Crippen LogP contribution in [-0.2, 0) is 9.53 Å². The van der Waals surface area contributed by atoms with Gasteiger partial charge in [-0.25, -0.2) is 8.78 Å². The predicted molar refractivity (Wildman–Crippen MR) is 65.8 cm³/mol. The summed E-state index contributed by atoms with van der Waals surface area (Å²) in [5.41, 5.74) is -0.332. The second-order valence-electron chi connectivity index (χ2n) is 4.12. The van der Waals surface area contributed by atoms with E-state index in [-0.39, 0.29) is 18.4 Å². The van der Waals surface area contributed by atoms with Crippen molar-refractivity contribution < 1.29 is 23.1 Å². The Morgan fingerprint density at radius 3 is 2.63 bits per heavy atom. The first-order valence-corrected chi connectivity index (χ1v) is 6.18. The van der Waals surface area contributed by atoms with E-state index in [0.717, 1.165) is 31.0 Å². The Bertz CT molecular complexity index is 458. The summed E-state index contributed by atoms with van der Waals surface area (Å²) in [6, 6.07) is 2.66. The van der Waals surface area contributed by atoms with Crippen molar-refractivity contribution in [2.24, 2.45) is 0 Å². The number of carbonyl (C=O) groups excluding carboxylic acids is 2. The van der Waals surface area contributed by atoms with Crippen molar-refractivity contribution in [1.82, 2.24) is 0 Å². The van der Waals surface area contributed by atoms with Gasteiger partial charge in [-0.15, -0.1) is 0 Å². The molecule has 0 aliphatic rings. The Kier molecular flexibility index (Phi) is 6.12. The minimum absolute atomic E-state index is 0.126. The zero-order valence-electron chi connectivity index (χ0n) is 10.7. The number of carbonyl (C=O) groups is 2.